The third-order valence-corrected chi connectivity index (χ3v) is 12.9. The average molecular weight is 942 g/mol. The van der Waals surface area contributed by atoms with Crippen molar-refractivity contribution in [1.29, 1.82) is 0 Å². The summed E-state index contributed by atoms with van der Waals surface area (Å²) in [5.41, 5.74) is 0. The standard InChI is InChI=1S/C46H87NO18/c1-3-5-7-9-11-13-14-16-17-19-21-23-30(51)29(47-34(52)24-22-20-18-15-12-10-8-6-4-2)28-60-44-40(58)37(55)42(32(26-49)62-44)65-46-41(59)38(56)43(33(27-50)63-46)64-45-39(57)36(54)35(53)31(25-48)61-45/h29-33,35-46,48-51,53-59H,3-28H2,1-2H3,(H,47,52). The summed E-state index contributed by atoms with van der Waals surface area (Å²) in [4.78, 5) is 13.1. The van der Waals surface area contributed by atoms with Gasteiger partial charge < -0.3 is 89.9 Å². The summed E-state index contributed by atoms with van der Waals surface area (Å²) < 4.78 is 34.1. The van der Waals surface area contributed by atoms with Crippen molar-refractivity contribution in [1.82, 2.24) is 5.32 Å². The fraction of sp³-hybridized carbons (Fsp3) is 0.978. The zero-order valence-corrected chi connectivity index (χ0v) is 39.0. The van der Waals surface area contributed by atoms with Crippen LogP contribution in [0.2, 0.25) is 0 Å². The molecule has 0 aromatic rings. The van der Waals surface area contributed by atoms with Crippen molar-refractivity contribution in [3.63, 3.8) is 0 Å². The van der Waals surface area contributed by atoms with E-state index in [1.165, 1.54) is 77.0 Å². The van der Waals surface area contributed by atoms with Gasteiger partial charge in [-0.05, 0) is 12.8 Å². The van der Waals surface area contributed by atoms with Crippen molar-refractivity contribution in [3.8, 4) is 0 Å². The van der Waals surface area contributed by atoms with Crippen molar-refractivity contribution >= 4 is 5.91 Å². The quantitative estimate of drug-likeness (QED) is 0.0399. The summed E-state index contributed by atoms with van der Waals surface area (Å²) in [6, 6.07) is -0.875. The van der Waals surface area contributed by atoms with Crippen LogP contribution < -0.4 is 5.32 Å². The van der Waals surface area contributed by atoms with Gasteiger partial charge in [-0.1, -0.05) is 136 Å². The molecule has 0 bridgehead atoms. The largest absolute Gasteiger partial charge is 0.394 e. The number of nitrogens with one attached hydrogen (secondary N) is 1. The van der Waals surface area contributed by atoms with E-state index in [1.807, 2.05) is 0 Å². The monoisotopic (exact) mass is 942 g/mol. The Morgan fingerprint density at radius 1 is 0.492 bits per heavy atom. The molecule has 384 valence electrons. The normalized spacial score (nSPS) is 34.1. The zero-order chi connectivity index (χ0) is 47.7. The third kappa shape index (κ3) is 19.2. The molecular weight excluding hydrogens is 854 g/mol. The second-order valence-electron chi connectivity index (χ2n) is 18.3. The van der Waals surface area contributed by atoms with Gasteiger partial charge in [-0.15, -0.1) is 0 Å². The summed E-state index contributed by atoms with van der Waals surface area (Å²) in [6.45, 7) is 1.71. The highest BCUT2D eigenvalue weighted by Gasteiger charge is 2.53. The van der Waals surface area contributed by atoms with E-state index in [2.05, 4.69) is 19.2 Å². The van der Waals surface area contributed by atoms with E-state index in [1.54, 1.807) is 0 Å². The predicted octanol–water partition coefficient (Wildman–Crippen LogP) is 0.919. The number of aliphatic hydroxyl groups excluding tert-OH is 11. The molecule has 65 heavy (non-hydrogen) atoms. The number of carbonyl (C=O) groups is 1. The highest BCUT2D eigenvalue weighted by atomic mass is 16.8. The van der Waals surface area contributed by atoms with Gasteiger partial charge in [0, 0.05) is 6.42 Å². The molecule has 1 amide bonds. The summed E-state index contributed by atoms with van der Waals surface area (Å²) >= 11 is 0. The Balaban J connectivity index is 1.57. The lowest BCUT2D eigenvalue weighted by atomic mass is 9.96. The molecule has 17 atom stereocenters. The number of carbonyl (C=O) groups excluding carboxylic acids is 1. The van der Waals surface area contributed by atoms with Crippen LogP contribution in [0.25, 0.3) is 0 Å². The van der Waals surface area contributed by atoms with Gasteiger partial charge in [0.2, 0.25) is 5.91 Å². The number of ether oxygens (including phenoxy) is 6. The molecule has 0 saturated carbocycles. The molecule has 0 spiro atoms. The van der Waals surface area contributed by atoms with E-state index >= 15 is 0 Å². The molecule has 3 aliphatic heterocycles. The predicted molar refractivity (Wildman–Crippen MR) is 236 cm³/mol. The first kappa shape index (κ1) is 58.1. The molecule has 3 saturated heterocycles. The molecule has 19 heteroatoms. The fourth-order valence-corrected chi connectivity index (χ4v) is 8.72. The topological polar surface area (TPSA) is 307 Å². The maximum atomic E-state index is 13.1. The Hall–Kier alpha value is -1.21. The van der Waals surface area contributed by atoms with Gasteiger partial charge in [0.1, 0.15) is 73.2 Å². The first-order valence-corrected chi connectivity index (χ1v) is 24.8. The SMILES string of the molecule is CCCCCCCCCCCCCC(O)C(COC1OC(CO)C(OC2OC(CO)C(OC3OC(CO)C(O)C(O)C3O)C(O)C2O)C(O)C1O)NC(=O)CCCCCCCCCCC. The lowest BCUT2D eigenvalue weighted by Crippen LogP contribution is -2.66. The van der Waals surface area contributed by atoms with Gasteiger partial charge in [-0.3, -0.25) is 4.79 Å². The first-order chi connectivity index (χ1) is 31.3. The number of unbranched alkanes of at least 4 members (excludes halogenated alkanes) is 18. The molecular formula is C46H87NO18. The Labute approximate surface area is 385 Å². The summed E-state index contributed by atoms with van der Waals surface area (Å²) in [5, 5.41) is 119. The van der Waals surface area contributed by atoms with Crippen molar-refractivity contribution < 1.29 is 89.4 Å². The van der Waals surface area contributed by atoms with E-state index in [-0.39, 0.29) is 18.9 Å². The van der Waals surface area contributed by atoms with Crippen LogP contribution in [-0.2, 0) is 33.2 Å². The summed E-state index contributed by atoms with van der Waals surface area (Å²) in [5.74, 6) is -0.249. The molecule has 0 aromatic carbocycles. The van der Waals surface area contributed by atoms with Crippen LogP contribution in [0.4, 0.5) is 0 Å². The van der Waals surface area contributed by atoms with Crippen LogP contribution in [0.3, 0.4) is 0 Å². The van der Waals surface area contributed by atoms with Crippen LogP contribution in [-0.4, -0.2) is 193 Å². The molecule has 0 aromatic heterocycles. The smallest absolute Gasteiger partial charge is 0.220 e. The molecule has 3 aliphatic rings. The molecule has 0 aliphatic carbocycles. The van der Waals surface area contributed by atoms with Gasteiger partial charge in [0.15, 0.2) is 18.9 Å². The zero-order valence-electron chi connectivity index (χ0n) is 39.0. The van der Waals surface area contributed by atoms with Crippen LogP contribution >= 0.6 is 0 Å². The van der Waals surface area contributed by atoms with Gasteiger partial charge >= 0.3 is 0 Å². The maximum absolute atomic E-state index is 13.1. The first-order valence-electron chi connectivity index (χ1n) is 24.8. The summed E-state index contributed by atoms with van der Waals surface area (Å²) in [6.07, 6.45) is -3.36. The minimum Gasteiger partial charge on any atom is -0.394 e. The second-order valence-corrected chi connectivity index (χ2v) is 18.3. The Morgan fingerprint density at radius 3 is 1.34 bits per heavy atom. The minimum absolute atomic E-state index is 0.249. The van der Waals surface area contributed by atoms with E-state index in [9.17, 15) is 61.0 Å². The van der Waals surface area contributed by atoms with Crippen molar-refractivity contribution in [2.75, 3.05) is 26.4 Å². The molecule has 3 fully saturated rings. The number of amides is 1. The van der Waals surface area contributed by atoms with E-state index in [0.717, 1.165) is 44.9 Å². The van der Waals surface area contributed by atoms with E-state index < -0.39 is 124 Å². The van der Waals surface area contributed by atoms with Crippen molar-refractivity contribution in [2.24, 2.45) is 0 Å². The maximum Gasteiger partial charge on any atom is 0.220 e. The number of hydrogen-bond acceptors (Lipinski definition) is 18. The Bertz CT molecular complexity index is 1220. The van der Waals surface area contributed by atoms with Crippen LogP contribution in [0.15, 0.2) is 0 Å². The van der Waals surface area contributed by atoms with Crippen LogP contribution in [0, 0.1) is 0 Å². The second kappa shape index (κ2) is 32.6. The van der Waals surface area contributed by atoms with Gasteiger partial charge in [-0.2, -0.15) is 0 Å². The summed E-state index contributed by atoms with van der Waals surface area (Å²) in [7, 11) is 0. The van der Waals surface area contributed by atoms with Crippen molar-refractivity contribution in [3.05, 3.63) is 0 Å². The number of hydrogen-bond donors (Lipinski definition) is 12. The Morgan fingerprint density at radius 2 is 0.877 bits per heavy atom. The lowest BCUT2D eigenvalue weighted by Gasteiger charge is -2.48. The fourth-order valence-electron chi connectivity index (χ4n) is 8.72. The molecule has 3 rings (SSSR count). The van der Waals surface area contributed by atoms with Gasteiger partial charge in [0.05, 0.1) is 38.6 Å². The van der Waals surface area contributed by atoms with E-state index in [4.69, 9.17) is 28.4 Å². The molecule has 19 nitrogen and oxygen atoms in total. The molecule has 12 N–H and O–H groups in total. The van der Waals surface area contributed by atoms with Gasteiger partial charge in [-0.25, -0.2) is 0 Å². The molecule has 3 heterocycles. The minimum atomic E-state index is -1.97. The van der Waals surface area contributed by atoms with Crippen LogP contribution in [0.1, 0.15) is 155 Å². The highest BCUT2D eigenvalue weighted by Crippen LogP contribution is 2.33. The highest BCUT2D eigenvalue weighted by molar-refractivity contribution is 5.76. The van der Waals surface area contributed by atoms with E-state index in [0.29, 0.717) is 12.8 Å². The van der Waals surface area contributed by atoms with Gasteiger partial charge in [0.25, 0.3) is 0 Å². The lowest BCUT2D eigenvalue weighted by molar-refractivity contribution is -0.379. The van der Waals surface area contributed by atoms with Crippen LogP contribution in [0.5, 0.6) is 0 Å². The van der Waals surface area contributed by atoms with Crippen molar-refractivity contribution in [2.45, 2.75) is 259 Å². The number of aliphatic hydroxyl groups is 11. The molecule has 0 radical (unpaired) electrons. The third-order valence-electron chi connectivity index (χ3n) is 12.9. The number of rotatable bonds is 34. The molecule has 17 unspecified atom stereocenters. The average Bonchev–Trinajstić information content (AvgIpc) is 3.30. The Kier molecular flexibility index (Phi) is 29.1.